The molecule has 0 aliphatic carbocycles. The molecule has 0 saturated heterocycles. The number of aromatic nitrogens is 2. The third kappa shape index (κ3) is 5.51. The predicted octanol–water partition coefficient (Wildman–Crippen LogP) is 3.96. The predicted molar refractivity (Wildman–Crippen MR) is 121 cm³/mol. The van der Waals surface area contributed by atoms with Crippen molar-refractivity contribution in [1.29, 1.82) is 0 Å². The first-order chi connectivity index (χ1) is 14.9. The lowest BCUT2D eigenvalue weighted by Gasteiger charge is -2.11. The lowest BCUT2D eigenvalue weighted by Crippen LogP contribution is -2.23. The van der Waals surface area contributed by atoms with Gasteiger partial charge >= 0.3 is 0 Å². The van der Waals surface area contributed by atoms with Gasteiger partial charge in [-0.2, -0.15) is 5.10 Å². The Labute approximate surface area is 181 Å². The van der Waals surface area contributed by atoms with Gasteiger partial charge in [-0.15, -0.1) is 0 Å². The van der Waals surface area contributed by atoms with E-state index in [-0.39, 0.29) is 11.5 Å². The second kappa shape index (κ2) is 9.93. The topological polar surface area (TPSA) is 82.5 Å². The van der Waals surface area contributed by atoms with Crippen molar-refractivity contribution in [1.82, 2.24) is 9.78 Å². The molecule has 1 N–H and O–H groups in total. The van der Waals surface area contributed by atoms with Crippen LogP contribution in [0, 0.1) is 13.8 Å². The Morgan fingerprint density at radius 3 is 2.45 bits per heavy atom. The SMILES string of the molecule is COc1ccc(-c2ccc(=O)n(CCCC(=O)Nc3ccc(C)c(C)c3)n2)cc1OC. The molecule has 2 aromatic carbocycles. The van der Waals surface area contributed by atoms with E-state index in [1.807, 2.05) is 44.2 Å². The van der Waals surface area contributed by atoms with Crippen LogP contribution in [0.15, 0.2) is 53.3 Å². The van der Waals surface area contributed by atoms with Gasteiger partial charge in [-0.1, -0.05) is 6.07 Å². The average Bonchev–Trinajstić information content (AvgIpc) is 2.77. The minimum atomic E-state index is -0.209. The van der Waals surface area contributed by atoms with Crippen LogP contribution in [0.1, 0.15) is 24.0 Å². The van der Waals surface area contributed by atoms with Gasteiger partial charge in [-0.3, -0.25) is 9.59 Å². The molecule has 0 aliphatic rings. The summed E-state index contributed by atoms with van der Waals surface area (Å²) in [6.45, 7) is 4.39. The van der Waals surface area contributed by atoms with E-state index >= 15 is 0 Å². The van der Waals surface area contributed by atoms with Gasteiger partial charge in [-0.05, 0) is 67.8 Å². The molecule has 0 spiro atoms. The zero-order chi connectivity index (χ0) is 22.4. The van der Waals surface area contributed by atoms with Crippen LogP contribution < -0.4 is 20.3 Å². The van der Waals surface area contributed by atoms with Crippen molar-refractivity contribution in [3.05, 3.63) is 70.0 Å². The van der Waals surface area contributed by atoms with Gasteiger partial charge in [0, 0.05) is 30.3 Å². The molecule has 7 heteroatoms. The number of nitrogens with zero attached hydrogens (tertiary/aromatic N) is 2. The second-order valence-electron chi connectivity index (χ2n) is 7.30. The summed E-state index contributed by atoms with van der Waals surface area (Å²) in [6.07, 6.45) is 0.792. The number of carbonyl (C=O) groups is 1. The van der Waals surface area contributed by atoms with Crippen LogP contribution in [0.2, 0.25) is 0 Å². The number of hydrogen-bond acceptors (Lipinski definition) is 5. The van der Waals surface area contributed by atoms with E-state index in [4.69, 9.17) is 9.47 Å². The molecule has 0 saturated carbocycles. The highest BCUT2D eigenvalue weighted by Gasteiger charge is 2.10. The quantitative estimate of drug-likeness (QED) is 0.595. The van der Waals surface area contributed by atoms with E-state index < -0.39 is 0 Å². The number of amides is 1. The van der Waals surface area contributed by atoms with Crippen molar-refractivity contribution in [3.63, 3.8) is 0 Å². The molecule has 1 heterocycles. The number of nitrogens with one attached hydrogen (secondary N) is 1. The summed E-state index contributed by atoms with van der Waals surface area (Å²) < 4.78 is 12.0. The van der Waals surface area contributed by atoms with E-state index in [0.29, 0.717) is 36.6 Å². The van der Waals surface area contributed by atoms with Gasteiger partial charge < -0.3 is 14.8 Å². The summed E-state index contributed by atoms with van der Waals surface area (Å²) in [6, 6.07) is 14.4. The molecular formula is C24H27N3O4. The Morgan fingerprint density at radius 2 is 1.74 bits per heavy atom. The third-order valence-corrected chi connectivity index (χ3v) is 5.11. The first-order valence-electron chi connectivity index (χ1n) is 10.1. The Morgan fingerprint density at radius 1 is 0.968 bits per heavy atom. The number of carbonyl (C=O) groups excluding carboxylic acids is 1. The summed E-state index contributed by atoms with van der Waals surface area (Å²) >= 11 is 0. The number of methoxy groups -OCH3 is 2. The van der Waals surface area contributed by atoms with Gasteiger partial charge in [0.05, 0.1) is 19.9 Å². The molecule has 0 unspecified atom stereocenters. The number of hydrogen-bond donors (Lipinski definition) is 1. The molecule has 0 bridgehead atoms. The highest BCUT2D eigenvalue weighted by Crippen LogP contribution is 2.31. The van der Waals surface area contributed by atoms with Gasteiger partial charge in [-0.25, -0.2) is 4.68 Å². The Hall–Kier alpha value is -3.61. The summed E-state index contributed by atoms with van der Waals surface area (Å²) in [7, 11) is 3.14. The maximum atomic E-state index is 12.3. The van der Waals surface area contributed by atoms with Crippen molar-refractivity contribution in [3.8, 4) is 22.8 Å². The van der Waals surface area contributed by atoms with Crippen LogP contribution in [0.4, 0.5) is 5.69 Å². The van der Waals surface area contributed by atoms with E-state index in [1.165, 1.54) is 16.3 Å². The second-order valence-corrected chi connectivity index (χ2v) is 7.30. The largest absolute Gasteiger partial charge is 0.493 e. The minimum Gasteiger partial charge on any atom is -0.493 e. The summed E-state index contributed by atoms with van der Waals surface area (Å²) in [5.74, 6) is 1.12. The fraction of sp³-hybridized carbons (Fsp3) is 0.292. The van der Waals surface area contributed by atoms with Crippen LogP contribution in [0.25, 0.3) is 11.3 Å². The van der Waals surface area contributed by atoms with Crippen LogP contribution in [-0.4, -0.2) is 29.9 Å². The number of rotatable bonds is 8. The van der Waals surface area contributed by atoms with Crippen LogP contribution in [0.3, 0.4) is 0 Å². The standard InChI is InChI=1S/C24H27N3O4/c1-16-7-9-19(14-17(16)2)25-23(28)6-5-13-27-24(29)12-10-20(26-27)18-8-11-21(30-3)22(15-18)31-4/h7-12,14-15H,5-6,13H2,1-4H3,(H,25,28). The number of anilines is 1. The molecule has 1 amide bonds. The van der Waals surface area contributed by atoms with Gasteiger partial charge in [0.15, 0.2) is 11.5 Å². The number of ether oxygens (including phenoxy) is 2. The van der Waals surface area contributed by atoms with Crippen LogP contribution >= 0.6 is 0 Å². The number of aryl methyl sites for hydroxylation is 3. The summed E-state index contributed by atoms with van der Waals surface area (Å²) in [4.78, 5) is 24.5. The average molecular weight is 421 g/mol. The van der Waals surface area contributed by atoms with Gasteiger partial charge in [0.1, 0.15) is 0 Å². The first kappa shape index (κ1) is 22.1. The molecule has 0 radical (unpaired) electrons. The molecule has 0 aliphatic heterocycles. The lowest BCUT2D eigenvalue weighted by molar-refractivity contribution is -0.116. The molecular weight excluding hydrogens is 394 g/mol. The van der Waals surface area contributed by atoms with Crippen molar-refractivity contribution >= 4 is 11.6 Å². The van der Waals surface area contributed by atoms with Gasteiger partial charge in [0.25, 0.3) is 5.56 Å². The highest BCUT2D eigenvalue weighted by molar-refractivity contribution is 5.90. The van der Waals surface area contributed by atoms with E-state index in [0.717, 1.165) is 16.8 Å². The summed E-state index contributed by atoms with van der Waals surface area (Å²) in [5.41, 5.74) is 4.31. The van der Waals surface area contributed by atoms with Crippen molar-refractivity contribution in [2.45, 2.75) is 33.2 Å². The monoisotopic (exact) mass is 421 g/mol. The Bertz CT molecular complexity index is 1140. The van der Waals surface area contributed by atoms with Gasteiger partial charge in [0.2, 0.25) is 5.91 Å². The normalized spacial score (nSPS) is 10.6. The fourth-order valence-corrected chi connectivity index (χ4v) is 3.19. The fourth-order valence-electron chi connectivity index (χ4n) is 3.19. The number of benzene rings is 2. The molecule has 162 valence electrons. The zero-order valence-corrected chi connectivity index (χ0v) is 18.3. The zero-order valence-electron chi connectivity index (χ0n) is 18.3. The molecule has 1 aromatic heterocycles. The first-order valence-corrected chi connectivity index (χ1v) is 10.1. The molecule has 3 aromatic rings. The minimum absolute atomic E-state index is 0.0904. The van der Waals surface area contributed by atoms with Crippen LogP contribution in [-0.2, 0) is 11.3 Å². The van der Waals surface area contributed by atoms with Crippen molar-refractivity contribution < 1.29 is 14.3 Å². The van der Waals surface area contributed by atoms with E-state index in [1.54, 1.807) is 26.4 Å². The molecule has 3 rings (SSSR count). The lowest BCUT2D eigenvalue weighted by atomic mass is 10.1. The maximum absolute atomic E-state index is 12.3. The molecule has 0 atom stereocenters. The van der Waals surface area contributed by atoms with Crippen molar-refractivity contribution in [2.75, 3.05) is 19.5 Å². The highest BCUT2D eigenvalue weighted by atomic mass is 16.5. The molecule has 0 fully saturated rings. The third-order valence-electron chi connectivity index (χ3n) is 5.11. The smallest absolute Gasteiger partial charge is 0.266 e. The van der Waals surface area contributed by atoms with Crippen LogP contribution in [0.5, 0.6) is 11.5 Å². The van der Waals surface area contributed by atoms with Crippen molar-refractivity contribution in [2.24, 2.45) is 0 Å². The summed E-state index contributed by atoms with van der Waals surface area (Å²) in [5, 5.41) is 7.35. The molecule has 7 nitrogen and oxygen atoms in total. The molecule has 31 heavy (non-hydrogen) atoms. The van der Waals surface area contributed by atoms with E-state index in [2.05, 4.69) is 10.4 Å². The Balaban J connectivity index is 1.65. The Kier molecular flexibility index (Phi) is 7.07. The maximum Gasteiger partial charge on any atom is 0.266 e. The van der Waals surface area contributed by atoms with E-state index in [9.17, 15) is 9.59 Å².